The molecule has 0 saturated carbocycles. The third-order valence-electron chi connectivity index (χ3n) is 3.94. The molecular formula is C18H21N7O3. The highest BCUT2D eigenvalue weighted by atomic mass is 16.4. The largest absolute Gasteiger partial charge is 0.480 e. The molecular weight excluding hydrogens is 362 g/mol. The van der Waals surface area contributed by atoms with Gasteiger partial charge in [0.15, 0.2) is 5.65 Å². The highest BCUT2D eigenvalue weighted by Gasteiger charge is 2.09. The van der Waals surface area contributed by atoms with Crippen molar-refractivity contribution in [1.82, 2.24) is 30.0 Å². The van der Waals surface area contributed by atoms with Gasteiger partial charge in [0.05, 0.1) is 18.1 Å². The van der Waals surface area contributed by atoms with Crippen LogP contribution in [0.4, 0.5) is 10.6 Å². The van der Waals surface area contributed by atoms with Crippen LogP contribution in [0, 0.1) is 0 Å². The smallest absolute Gasteiger partial charge is 0.325 e. The number of carboxylic acids is 1. The number of carboxylic acid groups (broad SMARTS) is 1. The second-order valence-electron chi connectivity index (χ2n) is 6.20. The summed E-state index contributed by atoms with van der Waals surface area (Å²) < 4.78 is 1.30. The first-order valence-electron chi connectivity index (χ1n) is 8.98. The molecule has 0 radical (unpaired) electrons. The van der Waals surface area contributed by atoms with Gasteiger partial charge in [-0.25, -0.2) is 14.8 Å². The zero-order valence-electron chi connectivity index (χ0n) is 15.4. The molecule has 28 heavy (non-hydrogen) atoms. The molecule has 0 aliphatic heterocycles. The van der Waals surface area contributed by atoms with Gasteiger partial charge in [-0.15, -0.1) is 0 Å². The van der Waals surface area contributed by atoms with Crippen molar-refractivity contribution in [2.75, 3.05) is 11.9 Å². The van der Waals surface area contributed by atoms with Gasteiger partial charge < -0.3 is 10.4 Å². The Balaban J connectivity index is 1.73. The van der Waals surface area contributed by atoms with E-state index in [2.05, 4.69) is 37.6 Å². The van der Waals surface area contributed by atoms with Gasteiger partial charge in [0.2, 0.25) is 0 Å². The van der Waals surface area contributed by atoms with Crippen molar-refractivity contribution in [3.8, 4) is 11.3 Å². The number of urea groups is 1. The van der Waals surface area contributed by atoms with E-state index < -0.39 is 5.97 Å². The van der Waals surface area contributed by atoms with Crippen LogP contribution in [0.25, 0.3) is 22.4 Å². The quantitative estimate of drug-likeness (QED) is 0.508. The molecule has 0 unspecified atom stereocenters. The molecule has 0 spiro atoms. The van der Waals surface area contributed by atoms with Crippen LogP contribution < -0.4 is 10.6 Å². The van der Waals surface area contributed by atoms with E-state index in [9.17, 15) is 9.59 Å². The van der Waals surface area contributed by atoms with Crippen LogP contribution in [0.5, 0.6) is 0 Å². The fourth-order valence-electron chi connectivity index (χ4n) is 2.56. The molecule has 3 aromatic rings. The number of carbonyl (C=O) groups is 2. The number of unbranched alkanes of at least 4 members (excludes halogenated alkanes) is 2. The van der Waals surface area contributed by atoms with Crippen molar-refractivity contribution in [2.24, 2.45) is 0 Å². The minimum absolute atomic E-state index is 0.235. The first kappa shape index (κ1) is 19.2. The highest BCUT2D eigenvalue weighted by molar-refractivity contribution is 5.89. The van der Waals surface area contributed by atoms with E-state index in [0.717, 1.165) is 19.3 Å². The molecule has 10 nitrogen and oxygen atoms in total. The summed E-state index contributed by atoms with van der Waals surface area (Å²) in [5.41, 5.74) is 2.09. The Bertz CT molecular complexity index is 986. The van der Waals surface area contributed by atoms with Crippen molar-refractivity contribution in [3.05, 3.63) is 30.7 Å². The summed E-state index contributed by atoms with van der Waals surface area (Å²) in [4.78, 5) is 35.8. The summed E-state index contributed by atoms with van der Waals surface area (Å²) in [6.07, 6.45) is 7.75. The molecule has 0 bridgehead atoms. The van der Waals surface area contributed by atoms with Crippen molar-refractivity contribution in [3.63, 3.8) is 0 Å². The van der Waals surface area contributed by atoms with Gasteiger partial charge in [0.25, 0.3) is 0 Å². The van der Waals surface area contributed by atoms with Gasteiger partial charge in [-0.3, -0.25) is 19.8 Å². The minimum Gasteiger partial charge on any atom is -0.480 e. The van der Waals surface area contributed by atoms with Crippen molar-refractivity contribution in [2.45, 2.75) is 32.7 Å². The lowest BCUT2D eigenvalue weighted by Gasteiger charge is -2.07. The summed E-state index contributed by atoms with van der Waals surface area (Å²) in [5.74, 6) is -0.613. The Kier molecular flexibility index (Phi) is 6.10. The lowest BCUT2D eigenvalue weighted by atomic mass is 10.2. The lowest BCUT2D eigenvalue weighted by Crippen LogP contribution is -2.29. The molecule has 3 heterocycles. The van der Waals surface area contributed by atoms with E-state index in [4.69, 9.17) is 5.11 Å². The summed E-state index contributed by atoms with van der Waals surface area (Å²) in [5, 5.41) is 18.3. The topological polar surface area (TPSA) is 135 Å². The number of pyridine rings is 1. The Labute approximate surface area is 161 Å². The Morgan fingerprint density at radius 1 is 1.18 bits per heavy atom. The first-order valence-corrected chi connectivity index (χ1v) is 8.98. The van der Waals surface area contributed by atoms with Crippen LogP contribution in [-0.2, 0) is 11.3 Å². The zero-order valence-corrected chi connectivity index (χ0v) is 15.4. The van der Waals surface area contributed by atoms with Crippen LogP contribution in [0.1, 0.15) is 26.2 Å². The third-order valence-corrected chi connectivity index (χ3v) is 3.94. The molecule has 0 aliphatic carbocycles. The summed E-state index contributed by atoms with van der Waals surface area (Å²) in [6.45, 7) is 2.48. The van der Waals surface area contributed by atoms with E-state index in [-0.39, 0.29) is 12.6 Å². The monoisotopic (exact) mass is 383 g/mol. The SMILES string of the molecule is CCCCCNC(=O)Nc1ccc2ncc(-c3cnn(CC(=O)O)c3)nc2n1. The normalized spacial score (nSPS) is 10.8. The van der Waals surface area contributed by atoms with Gasteiger partial charge >= 0.3 is 12.0 Å². The maximum absolute atomic E-state index is 11.9. The van der Waals surface area contributed by atoms with Gasteiger partial charge in [-0.1, -0.05) is 19.8 Å². The lowest BCUT2D eigenvalue weighted by molar-refractivity contribution is -0.137. The van der Waals surface area contributed by atoms with Crippen molar-refractivity contribution < 1.29 is 14.7 Å². The van der Waals surface area contributed by atoms with Gasteiger partial charge in [-0.2, -0.15) is 5.10 Å². The number of nitrogens with zero attached hydrogens (tertiary/aromatic N) is 5. The molecule has 0 fully saturated rings. The first-order chi connectivity index (χ1) is 13.5. The van der Waals surface area contributed by atoms with E-state index in [1.807, 2.05) is 0 Å². The Morgan fingerprint density at radius 3 is 2.82 bits per heavy atom. The summed E-state index contributed by atoms with van der Waals surface area (Å²) in [7, 11) is 0. The fraction of sp³-hybridized carbons (Fsp3) is 0.333. The van der Waals surface area contributed by atoms with Crippen LogP contribution in [0.2, 0.25) is 0 Å². The van der Waals surface area contributed by atoms with Gasteiger partial charge in [0.1, 0.15) is 17.9 Å². The standard InChI is InChI=1S/C18H21N7O3/c1-2-3-4-7-19-18(28)24-15-6-5-13-17(23-15)22-14(9-20-13)12-8-21-25(10-12)11-16(26)27/h5-6,8-10H,2-4,7,11H2,1H3,(H,26,27)(H2,19,22,23,24,28). The maximum Gasteiger partial charge on any atom is 0.325 e. The van der Waals surface area contributed by atoms with Crippen LogP contribution in [0.3, 0.4) is 0 Å². The van der Waals surface area contributed by atoms with Crippen molar-refractivity contribution in [1.29, 1.82) is 0 Å². The van der Waals surface area contributed by atoms with Crippen LogP contribution in [-0.4, -0.2) is 48.4 Å². The second kappa shape index (κ2) is 8.89. The fourth-order valence-corrected chi connectivity index (χ4v) is 2.56. The second-order valence-corrected chi connectivity index (χ2v) is 6.20. The predicted molar refractivity (Wildman–Crippen MR) is 103 cm³/mol. The number of aliphatic carboxylic acids is 1. The summed E-state index contributed by atoms with van der Waals surface area (Å²) in [6, 6.07) is 3.06. The van der Waals surface area contributed by atoms with Crippen LogP contribution in [0.15, 0.2) is 30.7 Å². The zero-order chi connectivity index (χ0) is 19.9. The van der Waals surface area contributed by atoms with E-state index in [1.165, 1.54) is 10.9 Å². The average Bonchev–Trinajstić information content (AvgIpc) is 3.12. The van der Waals surface area contributed by atoms with E-state index in [1.54, 1.807) is 24.5 Å². The number of carbonyl (C=O) groups excluding carboxylic acids is 1. The van der Waals surface area contributed by atoms with Gasteiger partial charge in [-0.05, 0) is 18.6 Å². The third kappa shape index (κ3) is 5.00. The number of fused-ring (bicyclic) bond motifs is 1. The number of amides is 2. The maximum atomic E-state index is 11.9. The highest BCUT2D eigenvalue weighted by Crippen LogP contribution is 2.19. The molecule has 0 atom stereocenters. The molecule has 0 aromatic carbocycles. The molecule has 0 aliphatic rings. The number of aromatic nitrogens is 5. The number of hydrogen-bond acceptors (Lipinski definition) is 6. The van der Waals surface area contributed by atoms with E-state index in [0.29, 0.717) is 34.8 Å². The Morgan fingerprint density at radius 2 is 2.04 bits per heavy atom. The number of anilines is 1. The molecule has 3 rings (SSSR count). The van der Waals surface area contributed by atoms with Gasteiger partial charge in [0, 0.05) is 18.3 Å². The molecule has 3 N–H and O–H groups in total. The number of hydrogen-bond donors (Lipinski definition) is 3. The number of nitrogens with one attached hydrogen (secondary N) is 2. The molecule has 0 saturated heterocycles. The van der Waals surface area contributed by atoms with Crippen molar-refractivity contribution >= 4 is 29.0 Å². The molecule has 2 amide bonds. The minimum atomic E-state index is -0.982. The Hall–Kier alpha value is -3.56. The summed E-state index contributed by atoms with van der Waals surface area (Å²) >= 11 is 0. The molecule has 146 valence electrons. The molecule has 10 heteroatoms. The molecule has 3 aromatic heterocycles. The number of rotatable bonds is 8. The van der Waals surface area contributed by atoms with Crippen LogP contribution >= 0.6 is 0 Å². The van der Waals surface area contributed by atoms with E-state index >= 15 is 0 Å². The predicted octanol–water partition coefficient (Wildman–Crippen LogP) is 2.28. The average molecular weight is 383 g/mol.